The topological polar surface area (TPSA) is 76.2 Å². The van der Waals surface area contributed by atoms with Gasteiger partial charge < -0.3 is 19.8 Å². The molecule has 2 fully saturated rings. The van der Waals surface area contributed by atoms with Crippen molar-refractivity contribution in [1.82, 2.24) is 9.97 Å². The average Bonchev–Trinajstić information content (AvgIpc) is 3.11. The Hall–Kier alpha value is -1.56. The highest BCUT2D eigenvalue weighted by Crippen LogP contribution is 2.39. The second kappa shape index (κ2) is 4.61. The van der Waals surface area contributed by atoms with Crippen molar-refractivity contribution in [3.05, 3.63) is 16.7 Å². The molecule has 6 heteroatoms. The van der Waals surface area contributed by atoms with E-state index in [0.29, 0.717) is 11.7 Å². The third kappa shape index (κ3) is 2.08. The minimum Gasteiger partial charge on any atom is -0.489 e. The summed E-state index contributed by atoms with van der Waals surface area (Å²) in [6.07, 6.45) is 5.05. The van der Waals surface area contributed by atoms with Gasteiger partial charge in [0.2, 0.25) is 5.75 Å². The zero-order valence-electron chi connectivity index (χ0n) is 10.3. The number of aromatic amines is 1. The quantitative estimate of drug-likeness (QED) is 0.826. The third-order valence-electron chi connectivity index (χ3n) is 3.56. The van der Waals surface area contributed by atoms with Crippen molar-refractivity contribution in [2.45, 2.75) is 31.4 Å². The SMILES string of the molecule is COc1c(NC2CCOC2C2CC2)nc[nH]c1=O. The van der Waals surface area contributed by atoms with E-state index in [2.05, 4.69) is 15.3 Å². The molecule has 1 aliphatic heterocycles. The van der Waals surface area contributed by atoms with Gasteiger partial charge >= 0.3 is 0 Å². The van der Waals surface area contributed by atoms with Crippen LogP contribution in [0, 0.1) is 5.92 Å². The zero-order chi connectivity index (χ0) is 12.5. The van der Waals surface area contributed by atoms with E-state index >= 15 is 0 Å². The molecule has 1 aliphatic carbocycles. The second-order valence-corrected chi connectivity index (χ2v) is 4.83. The first-order valence-corrected chi connectivity index (χ1v) is 6.29. The van der Waals surface area contributed by atoms with Crippen LogP contribution in [0.4, 0.5) is 5.82 Å². The molecule has 0 radical (unpaired) electrons. The molecule has 6 nitrogen and oxygen atoms in total. The summed E-state index contributed by atoms with van der Waals surface area (Å²) in [6, 6.07) is 0.223. The van der Waals surface area contributed by atoms with Gasteiger partial charge in [-0.2, -0.15) is 0 Å². The molecule has 0 amide bonds. The monoisotopic (exact) mass is 251 g/mol. The minimum atomic E-state index is -0.267. The van der Waals surface area contributed by atoms with Gasteiger partial charge in [0.1, 0.15) is 0 Å². The van der Waals surface area contributed by atoms with Gasteiger partial charge in [-0.15, -0.1) is 0 Å². The molecule has 18 heavy (non-hydrogen) atoms. The van der Waals surface area contributed by atoms with Crippen LogP contribution >= 0.6 is 0 Å². The highest BCUT2D eigenvalue weighted by Gasteiger charge is 2.41. The van der Waals surface area contributed by atoms with Gasteiger partial charge in [-0.25, -0.2) is 4.98 Å². The van der Waals surface area contributed by atoms with Crippen molar-refractivity contribution in [2.24, 2.45) is 5.92 Å². The van der Waals surface area contributed by atoms with Crippen LogP contribution in [-0.2, 0) is 4.74 Å². The highest BCUT2D eigenvalue weighted by molar-refractivity contribution is 5.49. The fourth-order valence-corrected chi connectivity index (χ4v) is 2.51. The number of ether oxygens (including phenoxy) is 2. The number of hydrogen-bond acceptors (Lipinski definition) is 5. The Kier molecular flexibility index (Phi) is 2.95. The normalized spacial score (nSPS) is 27.2. The van der Waals surface area contributed by atoms with Crippen molar-refractivity contribution < 1.29 is 9.47 Å². The van der Waals surface area contributed by atoms with Crippen LogP contribution in [0.3, 0.4) is 0 Å². The standard InChI is InChI=1S/C12H17N3O3/c1-17-10-11(13-6-14-12(10)16)15-8-4-5-18-9(8)7-2-3-7/h6-9H,2-5H2,1H3,(H2,13,14,15,16). The van der Waals surface area contributed by atoms with E-state index in [1.165, 1.54) is 26.3 Å². The summed E-state index contributed by atoms with van der Waals surface area (Å²) in [5.74, 6) is 1.40. The largest absolute Gasteiger partial charge is 0.489 e. The maximum absolute atomic E-state index is 11.6. The maximum Gasteiger partial charge on any atom is 0.295 e. The van der Waals surface area contributed by atoms with Gasteiger partial charge in [0.15, 0.2) is 5.82 Å². The number of methoxy groups -OCH3 is 1. The smallest absolute Gasteiger partial charge is 0.295 e. The van der Waals surface area contributed by atoms with E-state index in [1.807, 2.05) is 0 Å². The van der Waals surface area contributed by atoms with Gasteiger partial charge in [-0.1, -0.05) is 0 Å². The molecule has 2 heterocycles. The number of nitrogens with one attached hydrogen (secondary N) is 2. The number of anilines is 1. The van der Waals surface area contributed by atoms with Gasteiger partial charge in [0, 0.05) is 6.61 Å². The van der Waals surface area contributed by atoms with Crippen molar-refractivity contribution in [3.63, 3.8) is 0 Å². The molecule has 2 N–H and O–H groups in total. The summed E-state index contributed by atoms with van der Waals surface area (Å²) in [5.41, 5.74) is -0.267. The number of hydrogen-bond donors (Lipinski definition) is 2. The molecule has 0 aromatic carbocycles. The van der Waals surface area contributed by atoms with Crippen molar-refractivity contribution in [2.75, 3.05) is 19.0 Å². The molecule has 3 rings (SSSR count). The molecule has 1 aromatic rings. The molecular formula is C12H17N3O3. The van der Waals surface area contributed by atoms with E-state index in [-0.39, 0.29) is 23.5 Å². The Bertz CT molecular complexity index is 484. The summed E-state index contributed by atoms with van der Waals surface area (Å²) < 4.78 is 10.8. The molecule has 98 valence electrons. The maximum atomic E-state index is 11.6. The first-order chi connectivity index (χ1) is 8.79. The lowest BCUT2D eigenvalue weighted by Gasteiger charge is -2.20. The number of aromatic nitrogens is 2. The molecule has 0 bridgehead atoms. The van der Waals surface area contributed by atoms with Crippen LogP contribution in [0.1, 0.15) is 19.3 Å². The predicted octanol–water partition coefficient (Wildman–Crippen LogP) is 0.758. The summed E-state index contributed by atoms with van der Waals surface area (Å²) in [4.78, 5) is 18.2. The van der Waals surface area contributed by atoms with Crippen molar-refractivity contribution >= 4 is 5.82 Å². The Balaban J connectivity index is 1.79. The predicted molar refractivity (Wildman–Crippen MR) is 65.9 cm³/mol. The van der Waals surface area contributed by atoms with E-state index in [1.54, 1.807) is 0 Å². The lowest BCUT2D eigenvalue weighted by Crippen LogP contribution is -2.32. The van der Waals surface area contributed by atoms with Gasteiger partial charge in [0.25, 0.3) is 5.56 Å². The second-order valence-electron chi connectivity index (χ2n) is 4.83. The fraction of sp³-hybridized carbons (Fsp3) is 0.667. The molecule has 1 saturated carbocycles. The van der Waals surface area contributed by atoms with Gasteiger partial charge in [-0.3, -0.25) is 4.79 Å². The van der Waals surface area contributed by atoms with Crippen molar-refractivity contribution in [1.29, 1.82) is 0 Å². The molecule has 2 atom stereocenters. The Morgan fingerprint density at radius 3 is 3.06 bits per heavy atom. The van der Waals surface area contributed by atoms with Crippen LogP contribution < -0.4 is 15.6 Å². The lowest BCUT2D eigenvalue weighted by atomic mass is 10.1. The number of rotatable bonds is 4. The number of H-pyrrole nitrogens is 1. The van der Waals surface area contributed by atoms with E-state index < -0.39 is 0 Å². The zero-order valence-corrected chi connectivity index (χ0v) is 10.3. The van der Waals surface area contributed by atoms with Gasteiger partial charge in [0.05, 0.1) is 25.6 Å². The molecule has 1 aromatic heterocycles. The molecular weight excluding hydrogens is 234 g/mol. The Morgan fingerprint density at radius 2 is 2.33 bits per heavy atom. The first-order valence-electron chi connectivity index (χ1n) is 6.29. The Morgan fingerprint density at radius 1 is 1.50 bits per heavy atom. The van der Waals surface area contributed by atoms with Crippen LogP contribution in [0.2, 0.25) is 0 Å². The van der Waals surface area contributed by atoms with E-state index in [9.17, 15) is 4.79 Å². The van der Waals surface area contributed by atoms with Crippen molar-refractivity contribution in [3.8, 4) is 5.75 Å². The highest BCUT2D eigenvalue weighted by atomic mass is 16.5. The van der Waals surface area contributed by atoms with Crippen LogP contribution in [0.5, 0.6) is 5.75 Å². The third-order valence-corrected chi connectivity index (χ3v) is 3.56. The van der Waals surface area contributed by atoms with Gasteiger partial charge in [-0.05, 0) is 25.2 Å². The minimum absolute atomic E-state index is 0.223. The Labute approximate surface area is 105 Å². The summed E-state index contributed by atoms with van der Waals surface area (Å²) in [6.45, 7) is 0.768. The van der Waals surface area contributed by atoms with E-state index in [0.717, 1.165) is 13.0 Å². The first kappa shape index (κ1) is 11.5. The van der Waals surface area contributed by atoms with E-state index in [4.69, 9.17) is 9.47 Å². The van der Waals surface area contributed by atoms with Crippen LogP contribution in [-0.4, -0.2) is 35.8 Å². The fourth-order valence-electron chi connectivity index (χ4n) is 2.51. The molecule has 2 aliphatic rings. The van der Waals surface area contributed by atoms with Crippen LogP contribution in [0.25, 0.3) is 0 Å². The molecule has 1 saturated heterocycles. The summed E-state index contributed by atoms with van der Waals surface area (Å²) in [7, 11) is 1.47. The number of nitrogens with zero attached hydrogens (tertiary/aromatic N) is 1. The summed E-state index contributed by atoms with van der Waals surface area (Å²) in [5, 5.41) is 3.29. The molecule has 2 unspecified atom stereocenters. The van der Waals surface area contributed by atoms with Crippen LogP contribution in [0.15, 0.2) is 11.1 Å². The lowest BCUT2D eigenvalue weighted by molar-refractivity contribution is 0.0897. The summed E-state index contributed by atoms with van der Waals surface area (Å²) >= 11 is 0. The average molecular weight is 251 g/mol. The molecule has 0 spiro atoms.